The highest BCUT2D eigenvalue weighted by molar-refractivity contribution is 5.84. The number of unbranched alkanes of at least 4 members (excludes halogenated alkanes) is 3. The Morgan fingerprint density at radius 3 is 2.57 bits per heavy atom. The van der Waals surface area contributed by atoms with Gasteiger partial charge < -0.3 is 15.3 Å². The second-order valence-electron chi connectivity index (χ2n) is 8.91. The van der Waals surface area contributed by atoms with Crippen molar-refractivity contribution in [1.29, 1.82) is 0 Å². The maximum Gasteiger partial charge on any atom is 0.303 e. The summed E-state index contributed by atoms with van der Waals surface area (Å²) in [6, 6.07) is 0. The molecule has 5 heteroatoms. The lowest BCUT2D eigenvalue weighted by atomic mass is 9.62. The number of aliphatic hydroxyl groups is 2. The van der Waals surface area contributed by atoms with Gasteiger partial charge >= 0.3 is 5.97 Å². The predicted octanol–water partition coefficient (Wildman–Crippen LogP) is 4.26. The maximum atomic E-state index is 12.3. The van der Waals surface area contributed by atoms with Crippen molar-refractivity contribution in [3.8, 4) is 0 Å². The number of hydrogen-bond donors (Lipinski definition) is 3. The Kier molecular flexibility index (Phi) is 9.16. The molecule has 0 aromatic rings. The number of aliphatic carboxylic acids is 1. The molecule has 0 aliphatic heterocycles. The topological polar surface area (TPSA) is 94.8 Å². The molecule has 0 bridgehead atoms. The quantitative estimate of drug-likeness (QED) is 0.320. The third kappa shape index (κ3) is 6.15. The number of carboxylic acid groups (broad SMARTS) is 1. The van der Waals surface area contributed by atoms with Gasteiger partial charge in [0.1, 0.15) is 5.78 Å². The van der Waals surface area contributed by atoms with Gasteiger partial charge in [-0.1, -0.05) is 51.2 Å². The fourth-order valence-electron chi connectivity index (χ4n) is 5.08. The van der Waals surface area contributed by atoms with E-state index in [0.717, 1.165) is 51.4 Å². The van der Waals surface area contributed by atoms with Crippen molar-refractivity contribution < 1.29 is 24.9 Å². The van der Waals surface area contributed by atoms with Crippen LogP contribution in [0, 0.1) is 17.3 Å². The Labute approximate surface area is 169 Å². The van der Waals surface area contributed by atoms with E-state index in [0.29, 0.717) is 12.8 Å². The van der Waals surface area contributed by atoms with Crippen LogP contribution in [0.3, 0.4) is 0 Å². The summed E-state index contributed by atoms with van der Waals surface area (Å²) in [6.45, 7) is 2.16. The second-order valence-corrected chi connectivity index (χ2v) is 8.91. The molecule has 0 spiro atoms. The Bertz CT molecular complexity index is 537. The first-order valence-electron chi connectivity index (χ1n) is 11.2. The molecule has 2 aliphatic carbocycles. The van der Waals surface area contributed by atoms with Crippen LogP contribution in [0.2, 0.25) is 0 Å². The molecular formula is C23H38O5. The summed E-state index contributed by atoms with van der Waals surface area (Å²) in [4.78, 5) is 22.8. The van der Waals surface area contributed by atoms with Crippen LogP contribution < -0.4 is 0 Å². The summed E-state index contributed by atoms with van der Waals surface area (Å²) in [6.07, 6.45) is 13.7. The number of rotatable bonds is 13. The molecule has 0 aromatic carbocycles. The summed E-state index contributed by atoms with van der Waals surface area (Å²) in [5.41, 5.74) is 0.0819. The minimum atomic E-state index is -0.760. The standard InChI is InChI=1S/C23H38O5/c1-2-13-23(14-8-15-23)21(26)11-7-10-18-17(19(24)16-20(18)25)9-5-3-4-6-12-22(27)28/h7,10,17-18,20-21,25-26H,2-6,8-9,11-16H2,1H3,(H,27,28)/b10-7+/t17?,18-,20-,21-/m1/s1. The maximum absolute atomic E-state index is 12.3. The molecule has 2 rings (SSSR count). The van der Waals surface area contributed by atoms with Crippen LogP contribution in [-0.4, -0.2) is 39.3 Å². The van der Waals surface area contributed by atoms with Gasteiger partial charge in [0.2, 0.25) is 0 Å². The number of carboxylic acids is 1. The minimum Gasteiger partial charge on any atom is -0.481 e. The molecule has 0 aromatic heterocycles. The molecule has 0 radical (unpaired) electrons. The van der Waals surface area contributed by atoms with Gasteiger partial charge in [-0.15, -0.1) is 0 Å². The van der Waals surface area contributed by atoms with E-state index in [1.807, 2.05) is 12.2 Å². The summed E-state index contributed by atoms with van der Waals surface area (Å²) in [7, 11) is 0. The first-order valence-corrected chi connectivity index (χ1v) is 11.2. The third-order valence-electron chi connectivity index (χ3n) is 6.91. The third-order valence-corrected chi connectivity index (χ3v) is 6.91. The van der Waals surface area contributed by atoms with Gasteiger partial charge in [0.15, 0.2) is 0 Å². The van der Waals surface area contributed by atoms with Crippen molar-refractivity contribution in [3.63, 3.8) is 0 Å². The van der Waals surface area contributed by atoms with Crippen LogP contribution >= 0.6 is 0 Å². The lowest BCUT2D eigenvalue weighted by Crippen LogP contribution is -2.41. The second kappa shape index (κ2) is 11.1. The van der Waals surface area contributed by atoms with Crippen LogP contribution in [0.25, 0.3) is 0 Å². The van der Waals surface area contributed by atoms with Crippen LogP contribution in [0.4, 0.5) is 0 Å². The zero-order chi connectivity index (χ0) is 20.6. The minimum absolute atomic E-state index is 0.0819. The lowest BCUT2D eigenvalue weighted by Gasteiger charge is -2.45. The van der Waals surface area contributed by atoms with E-state index in [4.69, 9.17) is 5.11 Å². The molecule has 2 saturated carbocycles. The van der Waals surface area contributed by atoms with E-state index in [9.17, 15) is 19.8 Å². The average molecular weight is 395 g/mol. The molecule has 28 heavy (non-hydrogen) atoms. The molecule has 5 nitrogen and oxygen atoms in total. The monoisotopic (exact) mass is 394 g/mol. The Hall–Kier alpha value is -1.20. The van der Waals surface area contributed by atoms with Gasteiger partial charge in [-0.05, 0) is 43.9 Å². The number of carbonyl (C=O) groups excluding carboxylic acids is 1. The summed E-state index contributed by atoms with van der Waals surface area (Å²) >= 11 is 0. The van der Waals surface area contributed by atoms with E-state index in [-0.39, 0.29) is 42.0 Å². The van der Waals surface area contributed by atoms with E-state index in [1.165, 1.54) is 6.42 Å². The van der Waals surface area contributed by atoms with Crippen LogP contribution in [-0.2, 0) is 9.59 Å². The zero-order valence-corrected chi connectivity index (χ0v) is 17.3. The fraction of sp³-hybridized carbons (Fsp3) is 0.826. The number of carbonyl (C=O) groups is 2. The zero-order valence-electron chi connectivity index (χ0n) is 17.3. The molecule has 3 N–H and O–H groups in total. The molecular weight excluding hydrogens is 356 g/mol. The molecule has 160 valence electrons. The molecule has 0 amide bonds. The smallest absolute Gasteiger partial charge is 0.303 e. The largest absolute Gasteiger partial charge is 0.481 e. The van der Waals surface area contributed by atoms with Gasteiger partial charge in [0, 0.05) is 24.7 Å². The molecule has 4 atom stereocenters. The van der Waals surface area contributed by atoms with Gasteiger partial charge in [0.05, 0.1) is 12.2 Å². The van der Waals surface area contributed by atoms with E-state index in [2.05, 4.69) is 6.92 Å². The summed E-state index contributed by atoms with van der Waals surface area (Å²) in [5.74, 6) is -0.919. The van der Waals surface area contributed by atoms with Gasteiger partial charge in [-0.3, -0.25) is 9.59 Å². The first kappa shape index (κ1) is 23.1. The Morgan fingerprint density at radius 1 is 1.25 bits per heavy atom. The highest BCUT2D eigenvalue weighted by Gasteiger charge is 2.42. The van der Waals surface area contributed by atoms with Crippen LogP contribution in [0.1, 0.15) is 90.4 Å². The van der Waals surface area contributed by atoms with Crippen LogP contribution in [0.5, 0.6) is 0 Å². The van der Waals surface area contributed by atoms with Crippen molar-refractivity contribution >= 4 is 11.8 Å². The van der Waals surface area contributed by atoms with E-state index >= 15 is 0 Å². The molecule has 2 fully saturated rings. The Balaban J connectivity index is 1.79. The average Bonchev–Trinajstić information content (AvgIpc) is 2.87. The van der Waals surface area contributed by atoms with Crippen molar-refractivity contribution in [2.45, 2.75) is 103 Å². The molecule has 0 heterocycles. The summed E-state index contributed by atoms with van der Waals surface area (Å²) in [5, 5.41) is 29.6. The summed E-state index contributed by atoms with van der Waals surface area (Å²) < 4.78 is 0. The van der Waals surface area contributed by atoms with Crippen molar-refractivity contribution in [2.24, 2.45) is 17.3 Å². The number of hydrogen-bond acceptors (Lipinski definition) is 4. The van der Waals surface area contributed by atoms with E-state index < -0.39 is 12.1 Å². The van der Waals surface area contributed by atoms with Crippen molar-refractivity contribution in [3.05, 3.63) is 12.2 Å². The van der Waals surface area contributed by atoms with Crippen molar-refractivity contribution in [1.82, 2.24) is 0 Å². The van der Waals surface area contributed by atoms with Crippen molar-refractivity contribution in [2.75, 3.05) is 0 Å². The normalized spacial score (nSPS) is 27.8. The molecule has 0 saturated heterocycles. The predicted molar refractivity (Wildman–Crippen MR) is 109 cm³/mol. The first-order chi connectivity index (χ1) is 13.4. The highest BCUT2D eigenvalue weighted by Crippen LogP contribution is 2.48. The SMILES string of the molecule is CCCC1([C@H](O)C/C=C/[C@@H]2C(CCCCCCC(=O)O)C(=O)C[C@H]2O)CCC1. The van der Waals surface area contributed by atoms with Crippen LogP contribution in [0.15, 0.2) is 12.2 Å². The molecule has 2 aliphatic rings. The van der Waals surface area contributed by atoms with Gasteiger partial charge in [0.25, 0.3) is 0 Å². The lowest BCUT2D eigenvalue weighted by molar-refractivity contribution is -0.137. The number of aliphatic hydroxyl groups excluding tert-OH is 2. The fourth-order valence-corrected chi connectivity index (χ4v) is 5.08. The highest BCUT2D eigenvalue weighted by atomic mass is 16.4. The van der Waals surface area contributed by atoms with E-state index in [1.54, 1.807) is 0 Å². The van der Waals surface area contributed by atoms with Gasteiger partial charge in [-0.25, -0.2) is 0 Å². The Morgan fingerprint density at radius 2 is 1.96 bits per heavy atom. The molecule has 1 unspecified atom stereocenters. The number of Topliss-reactive ketones (excluding diaryl/α,β-unsaturated/α-hetero) is 1. The number of ketones is 1. The van der Waals surface area contributed by atoms with Gasteiger partial charge in [-0.2, -0.15) is 0 Å².